The van der Waals surface area contributed by atoms with E-state index in [1.54, 1.807) is 18.2 Å². The minimum Gasteiger partial charge on any atom is -0.489 e. The van der Waals surface area contributed by atoms with E-state index in [1.165, 1.54) is 10.5 Å². The maximum atomic E-state index is 11.3. The first-order valence-electron chi connectivity index (χ1n) is 5.74. The largest absolute Gasteiger partial charge is 0.489 e. The van der Waals surface area contributed by atoms with Crippen LogP contribution in [0.5, 0.6) is 5.75 Å². The van der Waals surface area contributed by atoms with Crippen molar-refractivity contribution in [3.05, 3.63) is 62.2 Å². The van der Waals surface area contributed by atoms with Crippen molar-refractivity contribution >= 4 is 40.0 Å². The molecule has 2 rings (SSSR count). The summed E-state index contributed by atoms with van der Waals surface area (Å²) in [6.45, 7) is 1.97. The molecule has 2 aromatic carbocycles. The minimum absolute atomic E-state index is 0.0471. The summed E-state index contributed by atoms with van der Waals surface area (Å²) in [7, 11) is 0. The fourth-order valence-electron chi connectivity index (χ4n) is 1.62. The first-order valence-corrected chi connectivity index (χ1v) is 7.19. The summed E-state index contributed by atoms with van der Waals surface area (Å²) in [4.78, 5) is 11.3. The second kappa shape index (κ2) is 6.39. The Morgan fingerprint density at radius 2 is 1.89 bits per heavy atom. The second-order valence-corrected chi connectivity index (χ2v) is 5.77. The lowest BCUT2D eigenvalue weighted by molar-refractivity contribution is 0.101. The van der Waals surface area contributed by atoms with E-state index >= 15 is 0 Å². The molecule has 0 atom stereocenters. The highest BCUT2D eigenvalue weighted by molar-refractivity contribution is 14.1. The van der Waals surface area contributed by atoms with E-state index in [0.717, 1.165) is 5.56 Å². The van der Waals surface area contributed by atoms with Crippen LogP contribution in [0.25, 0.3) is 0 Å². The fourth-order valence-corrected chi connectivity index (χ4v) is 2.28. The third-order valence-electron chi connectivity index (χ3n) is 2.64. The second-order valence-electron chi connectivity index (χ2n) is 4.11. The summed E-state index contributed by atoms with van der Waals surface area (Å²) in [6, 6.07) is 13.2. The van der Waals surface area contributed by atoms with Gasteiger partial charge in [0.15, 0.2) is 5.78 Å². The lowest BCUT2D eigenvalue weighted by Crippen LogP contribution is -1.97. The molecular weight excluding hydrogens is 375 g/mol. The van der Waals surface area contributed by atoms with Gasteiger partial charge in [-0.15, -0.1) is 0 Å². The molecule has 0 bridgehead atoms. The van der Waals surface area contributed by atoms with Crippen LogP contribution in [-0.4, -0.2) is 5.78 Å². The topological polar surface area (TPSA) is 26.3 Å². The van der Waals surface area contributed by atoms with Crippen molar-refractivity contribution in [1.82, 2.24) is 0 Å². The number of carbonyl (C=O) groups is 1. The Kier molecular flexibility index (Phi) is 4.82. The van der Waals surface area contributed by atoms with Crippen molar-refractivity contribution in [1.29, 1.82) is 0 Å². The number of Topliss-reactive ketones (excluding diaryl/α,β-unsaturated/α-hetero) is 1. The van der Waals surface area contributed by atoms with Crippen LogP contribution < -0.4 is 4.74 Å². The molecule has 2 aromatic rings. The predicted octanol–water partition coefficient (Wildman–Crippen LogP) is 4.73. The van der Waals surface area contributed by atoms with Gasteiger partial charge >= 0.3 is 0 Å². The molecule has 0 amide bonds. The zero-order chi connectivity index (χ0) is 13.8. The molecule has 0 radical (unpaired) electrons. The van der Waals surface area contributed by atoms with Crippen molar-refractivity contribution in [2.45, 2.75) is 13.5 Å². The average molecular weight is 387 g/mol. The summed E-state index contributed by atoms with van der Waals surface area (Å²) in [6.07, 6.45) is 0. The van der Waals surface area contributed by atoms with E-state index in [-0.39, 0.29) is 5.78 Å². The van der Waals surface area contributed by atoms with Gasteiger partial charge in [0.25, 0.3) is 0 Å². The molecule has 2 nitrogen and oxygen atoms in total. The molecule has 0 aliphatic rings. The summed E-state index contributed by atoms with van der Waals surface area (Å²) < 4.78 is 6.84. The van der Waals surface area contributed by atoms with E-state index in [9.17, 15) is 4.79 Å². The molecule has 0 unspecified atom stereocenters. The highest BCUT2D eigenvalue weighted by Gasteiger charge is 2.06. The standard InChI is InChI=1S/C15H12ClIO2/c1-10(18)14-7-6-13(8-15(14)16)19-9-11-2-4-12(17)5-3-11/h2-8H,9H2,1H3. The monoisotopic (exact) mass is 386 g/mol. The number of rotatable bonds is 4. The molecule has 0 fully saturated rings. The zero-order valence-electron chi connectivity index (χ0n) is 10.3. The Balaban J connectivity index is 2.06. The summed E-state index contributed by atoms with van der Waals surface area (Å²) in [5.74, 6) is 0.614. The number of carbonyl (C=O) groups excluding carboxylic acids is 1. The zero-order valence-corrected chi connectivity index (χ0v) is 13.2. The van der Waals surface area contributed by atoms with Gasteiger partial charge in [0.05, 0.1) is 5.02 Å². The van der Waals surface area contributed by atoms with Crippen LogP contribution in [0.1, 0.15) is 22.8 Å². The van der Waals surface area contributed by atoms with Crippen LogP contribution >= 0.6 is 34.2 Å². The normalized spacial score (nSPS) is 10.3. The van der Waals surface area contributed by atoms with Gasteiger partial charge in [-0.1, -0.05) is 23.7 Å². The van der Waals surface area contributed by atoms with Crippen LogP contribution in [0.3, 0.4) is 0 Å². The van der Waals surface area contributed by atoms with Crippen LogP contribution in [0.15, 0.2) is 42.5 Å². The smallest absolute Gasteiger partial charge is 0.161 e. The molecule has 4 heteroatoms. The van der Waals surface area contributed by atoms with Crippen LogP contribution in [0, 0.1) is 3.57 Å². The van der Waals surface area contributed by atoms with Gasteiger partial charge in [-0.2, -0.15) is 0 Å². The van der Waals surface area contributed by atoms with Crippen molar-refractivity contribution in [2.24, 2.45) is 0 Å². The number of halogens is 2. The fraction of sp³-hybridized carbons (Fsp3) is 0.133. The Bertz CT molecular complexity index is 594. The first-order chi connectivity index (χ1) is 9.06. The number of hydrogen-bond acceptors (Lipinski definition) is 2. The molecule has 0 saturated heterocycles. The Morgan fingerprint density at radius 3 is 2.47 bits per heavy atom. The van der Waals surface area contributed by atoms with Gasteiger partial charge in [-0.25, -0.2) is 0 Å². The lowest BCUT2D eigenvalue weighted by atomic mass is 10.1. The maximum absolute atomic E-state index is 11.3. The molecular formula is C15H12ClIO2. The Hall–Kier alpha value is -1.07. The number of ether oxygens (including phenoxy) is 1. The highest BCUT2D eigenvalue weighted by atomic mass is 127. The number of benzene rings is 2. The molecule has 0 aliphatic heterocycles. The summed E-state index contributed by atoms with van der Waals surface area (Å²) in [5.41, 5.74) is 1.61. The first kappa shape index (κ1) is 14.3. The van der Waals surface area contributed by atoms with Gasteiger partial charge in [-0.05, 0) is 65.4 Å². The maximum Gasteiger partial charge on any atom is 0.161 e. The number of hydrogen-bond donors (Lipinski definition) is 0. The van der Waals surface area contributed by atoms with E-state index in [2.05, 4.69) is 22.6 Å². The van der Waals surface area contributed by atoms with Gasteiger partial charge in [0.2, 0.25) is 0 Å². The lowest BCUT2D eigenvalue weighted by Gasteiger charge is -2.08. The van der Waals surface area contributed by atoms with E-state index in [4.69, 9.17) is 16.3 Å². The molecule has 0 N–H and O–H groups in total. The molecule has 0 aliphatic carbocycles. The van der Waals surface area contributed by atoms with Crippen LogP contribution in [0.4, 0.5) is 0 Å². The van der Waals surface area contributed by atoms with Gasteiger partial charge in [-0.3, -0.25) is 4.79 Å². The van der Waals surface area contributed by atoms with Crippen molar-refractivity contribution in [3.8, 4) is 5.75 Å². The highest BCUT2D eigenvalue weighted by Crippen LogP contribution is 2.23. The summed E-state index contributed by atoms with van der Waals surface area (Å²) >= 11 is 8.29. The quantitative estimate of drug-likeness (QED) is 0.561. The minimum atomic E-state index is -0.0471. The third-order valence-corrected chi connectivity index (χ3v) is 3.67. The number of ketones is 1. The average Bonchev–Trinajstić information content (AvgIpc) is 2.37. The van der Waals surface area contributed by atoms with Gasteiger partial charge in [0.1, 0.15) is 12.4 Å². The molecule has 0 spiro atoms. The van der Waals surface area contributed by atoms with Crippen LogP contribution in [0.2, 0.25) is 5.02 Å². The molecule has 19 heavy (non-hydrogen) atoms. The van der Waals surface area contributed by atoms with E-state index in [1.807, 2.05) is 24.3 Å². The SMILES string of the molecule is CC(=O)c1ccc(OCc2ccc(I)cc2)cc1Cl. The van der Waals surface area contributed by atoms with Crippen molar-refractivity contribution in [3.63, 3.8) is 0 Å². The Morgan fingerprint density at radius 1 is 1.21 bits per heavy atom. The van der Waals surface area contributed by atoms with E-state index < -0.39 is 0 Å². The van der Waals surface area contributed by atoms with Crippen LogP contribution in [-0.2, 0) is 6.61 Å². The van der Waals surface area contributed by atoms with Crippen molar-refractivity contribution < 1.29 is 9.53 Å². The molecule has 0 aromatic heterocycles. The third kappa shape index (κ3) is 3.94. The Labute approximate surface area is 130 Å². The van der Waals surface area contributed by atoms with Gasteiger partial charge < -0.3 is 4.74 Å². The van der Waals surface area contributed by atoms with Crippen molar-refractivity contribution in [2.75, 3.05) is 0 Å². The molecule has 0 saturated carbocycles. The van der Waals surface area contributed by atoms with Gasteiger partial charge in [0, 0.05) is 9.13 Å². The molecule has 0 heterocycles. The molecule has 98 valence electrons. The van der Waals surface area contributed by atoms with E-state index in [0.29, 0.717) is 22.9 Å². The predicted molar refractivity (Wildman–Crippen MR) is 84.9 cm³/mol. The summed E-state index contributed by atoms with van der Waals surface area (Å²) in [5, 5.41) is 0.424.